The third-order valence-electron chi connectivity index (χ3n) is 4.04. The van der Waals surface area contributed by atoms with Crippen LogP contribution in [0, 0.1) is 0 Å². The summed E-state index contributed by atoms with van der Waals surface area (Å²) in [5.41, 5.74) is 1.13. The number of para-hydroxylation sites is 1. The van der Waals surface area contributed by atoms with Crippen LogP contribution in [-0.4, -0.2) is 31.2 Å². The van der Waals surface area contributed by atoms with E-state index in [2.05, 4.69) is 10.6 Å². The number of thioether (sulfide) groups is 1. The molecule has 0 saturated carbocycles. The topological polar surface area (TPSA) is 92.3 Å². The minimum Gasteiger partial charge on any atom is -0.326 e. The quantitative estimate of drug-likeness (QED) is 0.798. The van der Waals surface area contributed by atoms with Crippen molar-refractivity contribution in [2.24, 2.45) is 0 Å². The lowest BCUT2D eigenvalue weighted by atomic mass is 10.3. The van der Waals surface area contributed by atoms with Gasteiger partial charge in [-0.25, -0.2) is 8.42 Å². The van der Waals surface area contributed by atoms with Crippen molar-refractivity contribution in [2.45, 2.75) is 34.8 Å². The third kappa shape index (κ3) is 5.11. The van der Waals surface area contributed by atoms with Crippen molar-refractivity contribution < 1.29 is 18.0 Å². The number of carbonyl (C=O) groups is 2. The monoisotopic (exact) mass is 404 g/mol. The van der Waals surface area contributed by atoms with Crippen molar-refractivity contribution >= 4 is 44.8 Å². The Labute approximate surface area is 162 Å². The molecule has 2 N–H and O–H groups in total. The lowest BCUT2D eigenvalue weighted by Gasteiger charge is -2.11. The number of hydrogen-bond donors (Lipinski definition) is 2. The number of rotatable bonds is 5. The van der Waals surface area contributed by atoms with Gasteiger partial charge in [0.1, 0.15) is 0 Å². The molecule has 1 heterocycles. The Morgan fingerprint density at radius 1 is 1.22 bits per heavy atom. The summed E-state index contributed by atoms with van der Waals surface area (Å²) in [4.78, 5) is 24.8. The number of carbonyl (C=O) groups excluding carboxylic acids is 2. The van der Waals surface area contributed by atoms with E-state index in [9.17, 15) is 18.0 Å². The molecular formula is C19H20N2O4S2. The van der Waals surface area contributed by atoms with E-state index >= 15 is 0 Å². The number of amides is 2. The Bertz CT molecular complexity index is 959. The van der Waals surface area contributed by atoms with Gasteiger partial charge in [-0.05, 0) is 30.3 Å². The lowest BCUT2D eigenvalue weighted by Crippen LogP contribution is -2.17. The van der Waals surface area contributed by atoms with E-state index in [1.807, 2.05) is 13.0 Å². The van der Waals surface area contributed by atoms with Gasteiger partial charge >= 0.3 is 0 Å². The maximum absolute atomic E-state index is 12.6. The fourth-order valence-electron chi connectivity index (χ4n) is 2.71. The molecule has 0 spiro atoms. The standard InChI is InChI=1S/C19H20N2O4S2/c1-13-11-19(23)21-16-12-15(7-8-17(16)26-13)27(24,25)10-9-18(22)20-14-5-3-2-4-6-14/h2-8,12-13H,9-11H2,1H3,(H,20,22)(H,21,23)/t13-/m1/s1. The van der Waals surface area contributed by atoms with Gasteiger partial charge in [0.05, 0.1) is 16.3 Å². The highest BCUT2D eigenvalue weighted by atomic mass is 32.2. The summed E-state index contributed by atoms with van der Waals surface area (Å²) in [6, 6.07) is 13.6. The molecular weight excluding hydrogens is 384 g/mol. The Morgan fingerprint density at radius 2 is 1.96 bits per heavy atom. The molecule has 0 unspecified atom stereocenters. The molecule has 2 amide bonds. The first-order valence-corrected chi connectivity index (χ1v) is 11.0. The number of benzene rings is 2. The summed E-state index contributed by atoms with van der Waals surface area (Å²) in [6.45, 7) is 1.95. The second kappa shape index (κ2) is 8.14. The maximum Gasteiger partial charge on any atom is 0.225 e. The number of fused-ring (bicyclic) bond motifs is 1. The molecule has 27 heavy (non-hydrogen) atoms. The number of nitrogens with one attached hydrogen (secondary N) is 2. The van der Waals surface area contributed by atoms with E-state index < -0.39 is 9.84 Å². The van der Waals surface area contributed by atoms with Crippen LogP contribution >= 0.6 is 11.8 Å². The van der Waals surface area contributed by atoms with Crippen LogP contribution < -0.4 is 10.6 Å². The van der Waals surface area contributed by atoms with Gasteiger partial charge in [-0.3, -0.25) is 9.59 Å². The molecule has 2 aromatic carbocycles. The first kappa shape index (κ1) is 19.4. The number of anilines is 2. The molecule has 1 atom stereocenters. The van der Waals surface area contributed by atoms with Crippen molar-refractivity contribution in [1.82, 2.24) is 0 Å². The Balaban J connectivity index is 1.70. The zero-order valence-electron chi connectivity index (χ0n) is 14.8. The summed E-state index contributed by atoms with van der Waals surface area (Å²) in [5, 5.41) is 5.55. The van der Waals surface area contributed by atoms with Gasteiger partial charge in [0.15, 0.2) is 9.84 Å². The van der Waals surface area contributed by atoms with Crippen molar-refractivity contribution in [3.05, 3.63) is 48.5 Å². The SMILES string of the molecule is C[C@@H]1CC(=O)Nc2cc(S(=O)(=O)CCC(=O)Nc3ccccc3)ccc2S1. The smallest absolute Gasteiger partial charge is 0.225 e. The van der Waals surface area contributed by atoms with Gasteiger partial charge in [0, 0.05) is 28.7 Å². The van der Waals surface area contributed by atoms with Gasteiger partial charge in [-0.2, -0.15) is 0 Å². The van der Waals surface area contributed by atoms with Gasteiger partial charge in [-0.1, -0.05) is 25.1 Å². The van der Waals surface area contributed by atoms with E-state index in [0.717, 1.165) is 4.90 Å². The average molecular weight is 405 g/mol. The second-order valence-corrected chi connectivity index (χ2v) is 9.91. The summed E-state index contributed by atoms with van der Waals surface area (Å²) < 4.78 is 25.2. The molecule has 0 bridgehead atoms. The summed E-state index contributed by atoms with van der Waals surface area (Å²) >= 11 is 1.53. The first-order valence-electron chi connectivity index (χ1n) is 8.52. The minimum absolute atomic E-state index is 0.101. The minimum atomic E-state index is -3.65. The largest absolute Gasteiger partial charge is 0.326 e. The van der Waals surface area contributed by atoms with Crippen LogP contribution in [0.3, 0.4) is 0 Å². The highest BCUT2D eigenvalue weighted by Gasteiger charge is 2.22. The zero-order valence-corrected chi connectivity index (χ0v) is 16.4. The molecule has 0 saturated heterocycles. The van der Waals surface area contributed by atoms with Crippen LogP contribution in [0.15, 0.2) is 58.3 Å². The van der Waals surface area contributed by atoms with E-state index in [-0.39, 0.29) is 34.1 Å². The summed E-state index contributed by atoms with van der Waals surface area (Å²) in [6.07, 6.45) is 0.230. The van der Waals surface area contributed by atoms with E-state index in [1.165, 1.54) is 23.9 Å². The van der Waals surface area contributed by atoms with E-state index in [4.69, 9.17) is 0 Å². The number of hydrogen-bond acceptors (Lipinski definition) is 5. The van der Waals surface area contributed by atoms with Crippen LogP contribution in [-0.2, 0) is 19.4 Å². The predicted octanol–water partition coefficient (Wildman–Crippen LogP) is 3.31. The van der Waals surface area contributed by atoms with Gasteiger partial charge in [0.25, 0.3) is 0 Å². The number of sulfone groups is 1. The van der Waals surface area contributed by atoms with Crippen LogP contribution in [0.2, 0.25) is 0 Å². The zero-order chi connectivity index (χ0) is 19.4. The summed E-state index contributed by atoms with van der Waals surface area (Å²) in [7, 11) is -3.65. The van der Waals surface area contributed by atoms with Gasteiger partial charge in [0.2, 0.25) is 11.8 Å². The molecule has 0 fully saturated rings. The fourth-order valence-corrected chi connectivity index (χ4v) is 5.03. The Morgan fingerprint density at radius 3 is 2.70 bits per heavy atom. The maximum atomic E-state index is 12.6. The normalized spacial score (nSPS) is 16.8. The molecule has 1 aliphatic heterocycles. The van der Waals surface area contributed by atoms with Crippen molar-refractivity contribution in [1.29, 1.82) is 0 Å². The highest BCUT2D eigenvalue weighted by Crippen LogP contribution is 2.36. The van der Waals surface area contributed by atoms with Crippen LogP contribution in [0.1, 0.15) is 19.8 Å². The average Bonchev–Trinajstić information content (AvgIpc) is 2.76. The van der Waals surface area contributed by atoms with Gasteiger partial charge in [-0.15, -0.1) is 11.8 Å². The van der Waals surface area contributed by atoms with Crippen molar-refractivity contribution in [3.8, 4) is 0 Å². The van der Waals surface area contributed by atoms with Crippen LogP contribution in [0.4, 0.5) is 11.4 Å². The van der Waals surface area contributed by atoms with Crippen LogP contribution in [0.25, 0.3) is 0 Å². The van der Waals surface area contributed by atoms with Crippen molar-refractivity contribution in [3.63, 3.8) is 0 Å². The van der Waals surface area contributed by atoms with E-state index in [0.29, 0.717) is 17.8 Å². The first-order chi connectivity index (χ1) is 12.8. The lowest BCUT2D eigenvalue weighted by molar-refractivity contribution is -0.116. The Kier molecular flexibility index (Phi) is 5.86. The molecule has 2 aromatic rings. The third-order valence-corrected chi connectivity index (χ3v) is 6.93. The van der Waals surface area contributed by atoms with Crippen LogP contribution in [0.5, 0.6) is 0 Å². The predicted molar refractivity (Wildman–Crippen MR) is 107 cm³/mol. The van der Waals surface area contributed by atoms with E-state index in [1.54, 1.807) is 30.3 Å². The molecule has 8 heteroatoms. The molecule has 0 radical (unpaired) electrons. The molecule has 1 aliphatic rings. The van der Waals surface area contributed by atoms with Crippen molar-refractivity contribution in [2.75, 3.05) is 16.4 Å². The molecule has 0 aromatic heterocycles. The highest BCUT2D eigenvalue weighted by molar-refractivity contribution is 8.00. The van der Waals surface area contributed by atoms with Gasteiger partial charge < -0.3 is 10.6 Å². The fraction of sp³-hybridized carbons (Fsp3) is 0.263. The molecule has 142 valence electrons. The Hall–Kier alpha value is -2.32. The summed E-state index contributed by atoms with van der Waals surface area (Å²) in [5.74, 6) is -0.801. The molecule has 0 aliphatic carbocycles. The molecule has 6 nitrogen and oxygen atoms in total. The second-order valence-electron chi connectivity index (χ2n) is 6.32. The molecule has 3 rings (SSSR count).